The first-order chi connectivity index (χ1) is 6.73. The lowest BCUT2D eigenvalue weighted by molar-refractivity contribution is 0.145. The molecule has 0 aliphatic carbocycles. The van der Waals surface area contributed by atoms with Crippen molar-refractivity contribution in [3.63, 3.8) is 0 Å². The molecular weight excluding hydrogens is 339 g/mol. The summed E-state index contributed by atoms with van der Waals surface area (Å²) in [4.78, 5) is 3.17. The molecule has 0 saturated carbocycles. The quantitative estimate of drug-likeness (QED) is 0.775. The number of pyridine rings is 1. The summed E-state index contributed by atoms with van der Waals surface area (Å²) >= 11 is 8.37. The van der Waals surface area contributed by atoms with Crippen LogP contribution in [0, 0.1) is 0 Å². The number of halogens is 5. The van der Waals surface area contributed by atoms with Crippen LogP contribution in [0.5, 0.6) is 0 Å². The maximum Gasteiger partial charge on any atom is 0.280 e. The van der Waals surface area contributed by atoms with Crippen LogP contribution in [0.4, 0.5) is 8.78 Å². The van der Waals surface area contributed by atoms with Crippen molar-refractivity contribution in [3.8, 4) is 0 Å². The average molecular weight is 341 g/mol. The molecular formula is C6H2BrCl2F2NO2S. The standard InChI is InChI=1S/C6H2BrCl2F2NO2S/c7-2-1-3(5(10)11)12-6(4(2)8)15(9,13)14/h1,5H. The third-order valence-electron chi connectivity index (χ3n) is 1.36. The molecule has 15 heavy (non-hydrogen) atoms. The van der Waals surface area contributed by atoms with E-state index in [4.69, 9.17) is 22.3 Å². The first kappa shape index (κ1) is 13.1. The van der Waals surface area contributed by atoms with Gasteiger partial charge in [-0.05, 0) is 22.0 Å². The average Bonchev–Trinajstić information content (AvgIpc) is 2.06. The topological polar surface area (TPSA) is 47.0 Å². The molecule has 0 saturated heterocycles. The van der Waals surface area contributed by atoms with E-state index in [1.54, 1.807) is 0 Å². The van der Waals surface area contributed by atoms with Gasteiger partial charge in [0.15, 0.2) is 5.03 Å². The smallest absolute Gasteiger partial charge is 0.233 e. The summed E-state index contributed by atoms with van der Waals surface area (Å²) in [6.45, 7) is 0. The molecule has 0 spiro atoms. The summed E-state index contributed by atoms with van der Waals surface area (Å²) in [7, 11) is 0.726. The van der Waals surface area contributed by atoms with Gasteiger partial charge in [0.2, 0.25) is 0 Å². The zero-order valence-corrected chi connectivity index (χ0v) is 10.6. The second-order valence-corrected chi connectivity index (χ2v) is 6.10. The highest BCUT2D eigenvalue weighted by Crippen LogP contribution is 2.33. The molecule has 1 aromatic heterocycles. The minimum atomic E-state index is -4.25. The lowest BCUT2D eigenvalue weighted by atomic mass is 10.4. The second kappa shape index (κ2) is 4.48. The van der Waals surface area contributed by atoms with E-state index in [-0.39, 0.29) is 9.50 Å². The maximum atomic E-state index is 12.3. The number of nitrogens with zero attached hydrogens (tertiary/aromatic N) is 1. The molecule has 0 radical (unpaired) electrons. The summed E-state index contributed by atoms with van der Waals surface area (Å²) in [6.07, 6.45) is -2.91. The monoisotopic (exact) mass is 339 g/mol. The first-order valence-corrected chi connectivity index (χ1v) is 6.80. The summed E-state index contributed by atoms with van der Waals surface area (Å²) in [5.41, 5.74) is -0.717. The van der Waals surface area contributed by atoms with Crippen LogP contribution in [0.25, 0.3) is 0 Å². The number of alkyl halides is 2. The number of rotatable bonds is 2. The Kier molecular flexibility index (Phi) is 3.91. The normalized spacial score (nSPS) is 12.1. The summed E-state index contributed by atoms with van der Waals surface area (Å²) < 4.78 is 46.4. The van der Waals surface area contributed by atoms with Gasteiger partial charge in [-0.25, -0.2) is 22.2 Å². The van der Waals surface area contributed by atoms with E-state index in [0.717, 1.165) is 6.07 Å². The Labute approximate surface area is 102 Å². The van der Waals surface area contributed by atoms with Crippen molar-refractivity contribution in [2.75, 3.05) is 0 Å². The summed E-state index contributed by atoms with van der Waals surface area (Å²) in [6, 6.07) is 0.929. The van der Waals surface area contributed by atoms with Crippen LogP contribution in [0.3, 0.4) is 0 Å². The fourth-order valence-corrected chi connectivity index (χ4v) is 2.71. The van der Waals surface area contributed by atoms with E-state index in [1.807, 2.05) is 0 Å². The highest BCUT2D eigenvalue weighted by molar-refractivity contribution is 9.10. The number of hydrogen-bond donors (Lipinski definition) is 0. The molecule has 0 amide bonds. The Balaban J connectivity index is 3.52. The molecule has 0 bridgehead atoms. The van der Waals surface area contributed by atoms with E-state index in [1.165, 1.54) is 0 Å². The molecule has 0 aliphatic rings. The largest absolute Gasteiger partial charge is 0.280 e. The minimum absolute atomic E-state index is 0.00584. The minimum Gasteiger partial charge on any atom is -0.233 e. The SMILES string of the molecule is O=S(=O)(Cl)c1nc(C(F)F)cc(Br)c1Cl. The molecule has 0 atom stereocenters. The Morgan fingerprint density at radius 3 is 2.40 bits per heavy atom. The van der Waals surface area contributed by atoms with Crippen LogP contribution in [-0.2, 0) is 9.05 Å². The van der Waals surface area contributed by atoms with Gasteiger partial charge in [-0.2, -0.15) is 0 Å². The van der Waals surface area contributed by atoms with Crippen LogP contribution >= 0.6 is 38.2 Å². The van der Waals surface area contributed by atoms with Gasteiger partial charge in [-0.1, -0.05) is 11.6 Å². The van der Waals surface area contributed by atoms with Crippen LogP contribution in [-0.4, -0.2) is 13.4 Å². The third kappa shape index (κ3) is 2.99. The zero-order chi connectivity index (χ0) is 11.8. The van der Waals surface area contributed by atoms with E-state index >= 15 is 0 Å². The van der Waals surface area contributed by atoms with Gasteiger partial charge in [0.1, 0.15) is 5.69 Å². The molecule has 0 N–H and O–H groups in total. The predicted molar refractivity (Wildman–Crippen MR) is 54.9 cm³/mol. The summed E-state index contributed by atoms with van der Waals surface area (Å²) in [5.74, 6) is 0. The van der Waals surface area contributed by atoms with Crippen molar-refractivity contribution in [2.45, 2.75) is 11.5 Å². The molecule has 3 nitrogen and oxygen atoms in total. The second-order valence-electron chi connectivity index (χ2n) is 2.39. The molecule has 84 valence electrons. The third-order valence-corrected chi connectivity index (χ3v) is 3.90. The van der Waals surface area contributed by atoms with Crippen LogP contribution < -0.4 is 0 Å². The van der Waals surface area contributed by atoms with Crippen molar-refractivity contribution in [1.29, 1.82) is 0 Å². The van der Waals surface area contributed by atoms with Crippen molar-refractivity contribution in [3.05, 3.63) is 21.3 Å². The van der Waals surface area contributed by atoms with Crippen molar-refractivity contribution >= 4 is 47.3 Å². The molecule has 0 fully saturated rings. The molecule has 0 aliphatic heterocycles. The van der Waals surface area contributed by atoms with Gasteiger partial charge in [0.25, 0.3) is 15.5 Å². The molecule has 9 heteroatoms. The highest BCUT2D eigenvalue weighted by Gasteiger charge is 2.23. The van der Waals surface area contributed by atoms with Gasteiger partial charge < -0.3 is 0 Å². The molecule has 1 rings (SSSR count). The fourth-order valence-electron chi connectivity index (χ4n) is 0.767. The predicted octanol–water partition coefficient (Wildman–Crippen LogP) is 3.36. The first-order valence-electron chi connectivity index (χ1n) is 3.32. The Morgan fingerprint density at radius 1 is 1.47 bits per heavy atom. The number of hydrogen-bond acceptors (Lipinski definition) is 3. The maximum absolute atomic E-state index is 12.3. The van der Waals surface area contributed by atoms with Gasteiger partial charge in [-0.3, -0.25) is 0 Å². The van der Waals surface area contributed by atoms with E-state index < -0.39 is 26.2 Å². The lowest BCUT2D eigenvalue weighted by Gasteiger charge is -2.05. The molecule has 0 aromatic carbocycles. The molecule has 1 aromatic rings. The van der Waals surface area contributed by atoms with Crippen LogP contribution in [0.1, 0.15) is 12.1 Å². The fraction of sp³-hybridized carbons (Fsp3) is 0.167. The van der Waals surface area contributed by atoms with Crippen LogP contribution in [0.15, 0.2) is 15.6 Å². The van der Waals surface area contributed by atoms with Gasteiger partial charge >= 0.3 is 0 Å². The van der Waals surface area contributed by atoms with E-state index in [9.17, 15) is 17.2 Å². The van der Waals surface area contributed by atoms with E-state index in [0.29, 0.717) is 0 Å². The highest BCUT2D eigenvalue weighted by atomic mass is 79.9. The summed E-state index contributed by atoms with van der Waals surface area (Å²) in [5, 5.41) is -1.11. The Hall–Kier alpha value is 0.0200. The van der Waals surface area contributed by atoms with Gasteiger partial charge in [-0.15, -0.1) is 0 Å². The Bertz CT molecular complexity index is 494. The van der Waals surface area contributed by atoms with E-state index in [2.05, 4.69) is 20.9 Å². The van der Waals surface area contributed by atoms with Crippen LogP contribution in [0.2, 0.25) is 5.02 Å². The van der Waals surface area contributed by atoms with Gasteiger partial charge in [0.05, 0.1) is 5.02 Å². The zero-order valence-electron chi connectivity index (χ0n) is 6.72. The number of aromatic nitrogens is 1. The van der Waals surface area contributed by atoms with Crippen molar-refractivity contribution in [2.24, 2.45) is 0 Å². The van der Waals surface area contributed by atoms with Crippen molar-refractivity contribution in [1.82, 2.24) is 4.98 Å². The lowest BCUT2D eigenvalue weighted by Crippen LogP contribution is -2.01. The van der Waals surface area contributed by atoms with Crippen molar-refractivity contribution < 1.29 is 17.2 Å². The molecule has 0 unspecified atom stereocenters. The van der Waals surface area contributed by atoms with Gasteiger partial charge in [0, 0.05) is 15.2 Å². The molecule has 1 heterocycles. The Morgan fingerprint density at radius 2 is 2.00 bits per heavy atom.